The minimum absolute atomic E-state index is 0.140. The van der Waals surface area contributed by atoms with E-state index < -0.39 is 0 Å². The molecule has 0 fully saturated rings. The van der Waals surface area contributed by atoms with Gasteiger partial charge in [0.15, 0.2) is 0 Å². The van der Waals surface area contributed by atoms with Gasteiger partial charge in [-0.25, -0.2) is 0 Å². The summed E-state index contributed by atoms with van der Waals surface area (Å²) in [5.74, 6) is 0. The van der Waals surface area contributed by atoms with Gasteiger partial charge in [-0.15, -0.1) is 0 Å². The topological polar surface area (TPSA) is 0 Å². The zero-order chi connectivity index (χ0) is 9.84. The SMILES string of the molecule is CC[C]1=C(CC)C(CC)=[C](CC)[Ge]1. The Morgan fingerprint density at radius 1 is 0.692 bits per heavy atom. The summed E-state index contributed by atoms with van der Waals surface area (Å²) in [5, 5.41) is 0. The molecule has 0 bridgehead atoms. The van der Waals surface area contributed by atoms with Crippen molar-refractivity contribution in [3.63, 3.8) is 0 Å². The first-order chi connectivity index (χ1) is 6.28. The molecule has 1 heteroatoms. The second-order valence-corrected chi connectivity index (χ2v) is 6.51. The Morgan fingerprint density at radius 3 is 1.31 bits per heavy atom. The molecular weight excluding hydrogens is 217 g/mol. The fourth-order valence-corrected chi connectivity index (χ4v) is 5.67. The summed E-state index contributed by atoms with van der Waals surface area (Å²) < 4.78 is 3.66. The zero-order valence-corrected chi connectivity index (χ0v) is 11.4. The molecule has 0 unspecified atom stereocenters. The van der Waals surface area contributed by atoms with Crippen molar-refractivity contribution in [1.29, 1.82) is 0 Å². The maximum atomic E-state index is 2.32. The first kappa shape index (κ1) is 11.1. The molecule has 0 aromatic heterocycles. The van der Waals surface area contributed by atoms with E-state index in [1.54, 1.807) is 11.1 Å². The van der Waals surface area contributed by atoms with Crippen LogP contribution < -0.4 is 0 Å². The molecule has 1 aliphatic rings. The molecule has 1 rings (SSSR count). The van der Waals surface area contributed by atoms with Gasteiger partial charge >= 0.3 is 88.8 Å². The molecular formula is C12H20Ge. The van der Waals surface area contributed by atoms with Crippen LogP contribution in [0.25, 0.3) is 0 Å². The van der Waals surface area contributed by atoms with Crippen molar-refractivity contribution in [3.8, 4) is 0 Å². The Morgan fingerprint density at radius 2 is 1.08 bits per heavy atom. The van der Waals surface area contributed by atoms with Crippen molar-refractivity contribution in [2.75, 3.05) is 0 Å². The van der Waals surface area contributed by atoms with E-state index in [0.717, 1.165) is 0 Å². The van der Waals surface area contributed by atoms with Gasteiger partial charge in [0.1, 0.15) is 0 Å². The normalized spacial score (nSPS) is 17.5. The summed E-state index contributed by atoms with van der Waals surface area (Å²) in [6.45, 7) is 9.26. The minimum atomic E-state index is 0.140. The Bertz CT molecular complexity index is 220. The van der Waals surface area contributed by atoms with Crippen molar-refractivity contribution in [1.82, 2.24) is 0 Å². The van der Waals surface area contributed by atoms with E-state index in [4.69, 9.17) is 0 Å². The molecule has 1 aliphatic heterocycles. The molecule has 0 saturated carbocycles. The van der Waals surface area contributed by atoms with Crippen molar-refractivity contribution < 1.29 is 0 Å². The van der Waals surface area contributed by atoms with Crippen LogP contribution in [0.2, 0.25) is 0 Å². The first-order valence-corrected chi connectivity index (χ1v) is 7.59. The van der Waals surface area contributed by atoms with E-state index in [0.29, 0.717) is 0 Å². The molecule has 0 atom stereocenters. The molecule has 0 spiro atoms. The molecule has 0 amide bonds. The third-order valence-electron chi connectivity index (χ3n) is 2.81. The molecule has 0 N–H and O–H groups in total. The molecule has 0 aliphatic carbocycles. The molecule has 0 nitrogen and oxygen atoms in total. The number of allylic oxidation sites excluding steroid dienone is 4. The van der Waals surface area contributed by atoms with E-state index in [1.807, 2.05) is 8.81 Å². The van der Waals surface area contributed by atoms with Crippen LogP contribution in [-0.4, -0.2) is 15.4 Å². The maximum absolute atomic E-state index is 2.32. The molecule has 13 heavy (non-hydrogen) atoms. The number of hydrogen-bond acceptors (Lipinski definition) is 0. The number of hydrogen-bond donors (Lipinski definition) is 0. The fourth-order valence-electron chi connectivity index (χ4n) is 2.15. The predicted molar refractivity (Wildman–Crippen MR) is 61.0 cm³/mol. The summed E-state index contributed by atoms with van der Waals surface area (Å²) in [4.78, 5) is 0. The van der Waals surface area contributed by atoms with Gasteiger partial charge in [-0.1, -0.05) is 0 Å². The predicted octanol–water partition coefficient (Wildman–Crippen LogP) is 3.85. The summed E-state index contributed by atoms with van der Waals surface area (Å²) >= 11 is 0.140. The number of rotatable bonds is 4. The Hall–Kier alpha value is 0.0229. The van der Waals surface area contributed by atoms with Gasteiger partial charge in [-0.3, -0.25) is 0 Å². The third kappa shape index (κ3) is 2.09. The molecule has 72 valence electrons. The van der Waals surface area contributed by atoms with Gasteiger partial charge in [-0.2, -0.15) is 0 Å². The van der Waals surface area contributed by atoms with Crippen LogP contribution in [0.15, 0.2) is 20.0 Å². The van der Waals surface area contributed by atoms with Gasteiger partial charge < -0.3 is 0 Å². The quantitative estimate of drug-likeness (QED) is 0.651. The molecule has 1 heterocycles. The zero-order valence-electron chi connectivity index (χ0n) is 9.33. The fraction of sp³-hybridized carbons (Fsp3) is 0.667. The second-order valence-electron chi connectivity index (χ2n) is 3.45. The van der Waals surface area contributed by atoms with E-state index in [-0.39, 0.29) is 15.4 Å². The molecule has 0 aromatic rings. The van der Waals surface area contributed by atoms with Crippen LogP contribution in [0, 0.1) is 0 Å². The summed E-state index contributed by atoms with van der Waals surface area (Å²) in [6, 6.07) is 0. The van der Waals surface area contributed by atoms with Gasteiger partial charge in [0.2, 0.25) is 0 Å². The van der Waals surface area contributed by atoms with Crippen LogP contribution in [0.3, 0.4) is 0 Å². The van der Waals surface area contributed by atoms with Gasteiger partial charge in [0.05, 0.1) is 0 Å². The summed E-state index contributed by atoms with van der Waals surface area (Å²) in [7, 11) is 0. The van der Waals surface area contributed by atoms with E-state index in [2.05, 4.69) is 27.7 Å². The Balaban J connectivity index is 2.96. The van der Waals surface area contributed by atoms with Crippen LogP contribution >= 0.6 is 0 Å². The average Bonchev–Trinajstić information content (AvgIpc) is 2.54. The van der Waals surface area contributed by atoms with Crippen LogP contribution in [0.5, 0.6) is 0 Å². The van der Waals surface area contributed by atoms with Crippen LogP contribution in [0.1, 0.15) is 53.4 Å². The Kier molecular flexibility index (Phi) is 4.30. The molecule has 0 saturated heterocycles. The standard InChI is InChI=1S/C12H20Ge/c1-5-9-10(6-2)12(8-4)13-11(9)7-3/h5-8H2,1-4H3. The Labute approximate surface area is 89.0 Å². The van der Waals surface area contributed by atoms with E-state index >= 15 is 0 Å². The average molecular weight is 237 g/mol. The monoisotopic (exact) mass is 238 g/mol. The van der Waals surface area contributed by atoms with Crippen molar-refractivity contribution in [3.05, 3.63) is 20.0 Å². The van der Waals surface area contributed by atoms with Crippen molar-refractivity contribution >= 4 is 15.4 Å². The first-order valence-electron chi connectivity index (χ1n) is 5.49. The summed E-state index contributed by atoms with van der Waals surface area (Å²) in [6.07, 6.45) is 5.13. The van der Waals surface area contributed by atoms with Crippen molar-refractivity contribution in [2.45, 2.75) is 53.4 Å². The van der Waals surface area contributed by atoms with Crippen molar-refractivity contribution in [2.24, 2.45) is 0 Å². The summed E-state index contributed by atoms with van der Waals surface area (Å²) in [5.41, 5.74) is 3.48. The molecule has 2 radical (unpaired) electrons. The van der Waals surface area contributed by atoms with Crippen LogP contribution in [0.4, 0.5) is 0 Å². The van der Waals surface area contributed by atoms with Gasteiger partial charge in [0.25, 0.3) is 0 Å². The third-order valence-corrected chi connectivity index (χ3v) is 6.82. The second kappa shape index (κ2) is 5.04. The van der Waals surface area contributed by atoms with Gasteiger partial charge in [-0.05, 0) is 0 Å². The van der Waals surface area contributed by atoms with E-state index in [9.17, 15) is 0 Å². The molecule has 0 aromatic carbocycles. The van der Waals surface area contributed by atoms with Crippen LogP contribution in [-0.2, 0) is 0 Å². The van der Waals surface area contributed by atoms with E-state index in [1.165, 1.54) is 25.7 Å². The van der Waals surface area contributed by atoms with Gasteiger partial charge in [0, 0.05) is 0 Å².